The van der Waals surface area contributed by atoms with Crippen LogP contribution in [0.3, 0.4) is 0 Å². The van der Waals surface area contributed by atoms with Crippen LogP contribution in [-0.2, 0) is 0 Å². The van der Waals surface area contributed by atoms with Crippen LogP contribution < -0.4 is 14.8 Å². The van der Waals surface area contributed by atoms with Gasteiger partial charge in [-0.1, -0.05) is 0 Å². The largest absolute Gasteiger partial charge is 0.486 e. The first-order chi connectivity index (χ1) is 10.8. The minimum Gasteiger partial charge on any atom is -0.486 e. The Hall–Kier alpha value is -1.75. The topological polar surface area (TPSA) is 50.8 Å². The lowest BCUT2D eigenvalue weighted by molar-refractivity contribution is 0.0686. The Bertz CT molecular complexity index is 525. The Labute approximate surface area is 131 Å². The lowest BCUT2D eigenvalue weighted by Crippen LogP contribution is -2.39. The van der Waals surface area contributed by atoms with Crippen LogP contribution in [0.25, 0.3) is 0 Å². The fourth-order valence-electron chi connectivity index (χ4n) is 3.13. The van der Waals surface area contributed by atoms with E-state index >= 15 is 0 Å². The smallest absolute Gasteiger partial charge is 0.253 e. The van der Waals surface area contributed by atoms with Gasteiger partial charge in [-0.15, -0.1) is 0 Å². The molecule has 22 heavy (non-hydrogen) atoms. The van der Waals surface area contributed by atoms with E-state index in [1.165, 1.54) is 6.42 Å². The molecule has 2 aliphatic heterocycles. The summed E-state index contributed by atoms with van der Waals surface area (Å²) in [6.45, 7) is 3.87. The summed E-state index contributed by atoms with van der Waals surface area (Å²) in [6.07, 6.45) is 3.39. The van der Waals surface area contributed by atoms with Crippen molar-refractivity contribution in [2.45, 2.75) is 19.3 Å². The number of rotatable bonds is 4. The van der Waals surface area contributed by atoms with Crippen molar-refractivity contribution >= 4 is 5.91 Å². The van der Waals surface area contributed by atoms with Gasteiger partial charge in [0.1, 0.15) is 13.2 Å². The number of carbonyl (C=O) groups excluding carboxylic acids is 1. The first-order valence-electron chi connectivity index (χ1n) is 8.11. The Morgan fingerprint density at radius 3 is 2.68 bits per heavy atom. The number of ether oxygens (including phenoxy) is 2. The molecule has 0 saturated carbocycles. The number of nitrogens with one attached hydrogen (secondary N) is 1. The number of hydrogen-bond acceptors (Lipinski definition) is 4. The summed E-state index contributed by atoms with van der Waals surface area (Å²) < 4.78 is 11.1. The fourth-order valence-corrected chi connectivity index (χ4v) is 3.13. The van der Waals surface area contributed by atoms with E-state index in [1.807, 2.05) is 30.1 Å². The zero-order valence-electron chi connectivity index (χ0n) is 13.1. The molecule has 1 N–H and O–H groups in total. The van der Waals surface area contributed by atoms with Gasteiger partial charge in [0.05, 0.1) is 0 Å². The molecule has 0 aromatic heterocycles. The van der Waals surface area contributed by atoms with E-state index in [0.29, 0.717) is 24.5 Å². The van der Waals surface area contributed by atoms with Gasteiger partial charge in [0.2, 0.25) is 0 Å². The highest BCUT2D eigenvalue weighted by Gasteiger charge is 2.24. The monoisotopic (exact) mass is 304 g/mol. The van der Waals surface area contributed by atoms with E-state index in [2.05, 4.69) is 5.32 Å². The molecule has 0 spiro atoms. The van der Waals surface area contributed by atoms with Crippen molar-refractivity contribution in [2.24, 2.45) is 5.92 Å². The number of piperidine rings is 1. The van der Waals surface area contributed by atoms with Gasteiger partial charge in [0.25, 0.3) is 5.91 Å². The molecule has 0 atom stereocenters. The molecule has 1 aromatic rings. The summed E-state index contributed by atoms with van der Waals surface area (Å²) in [5.41, 5.74) is 0.693. The highest BCUT2D eigenvalue weighted by atomic mass is 16.6. The minimum atomic E-state index is 0.101. The second kappa shape index (κ2) is 7.01. The molecule has 3 rings (SSSR count). The molecule has 0 unspecified atom stereocenters. The Morgan fingerprint density at radius 2 is 1.95 bits per heavy atom. The van der Waals surface area contributed by atoms with Gasteiger partial charge in [-0.25, -0.2) is 0 Å². The fraction of sp³-hybridized carbons (Fsp3) is 0.588. The Balaban J connectivity index is 1.60. The van der Waals surface area contributed by atoms with Crippen molar-refractivity contribution in [1.82, 2.24) is 10.2 Å². The Morgan fingerprint density at radius 1 is 1.23 bits per heavy atom. The minimum absolute atomic E-state index is 0.101. The summed E-state index contributed by atoms with van der Waals surface area (Å²) >= 11 is 0. The number of likely N-dealkylation sites (tertiary alicyclic amines) is 1. The molecule has 1 amide bonds. The van der Waals surface area contributed by atoms with Crippen molar-refractivity contribution in [3.63, 3.8) is 0 Å². The van der Waals surface area contributed by atoms with Crippen LogP contribution >= 0.6 is 0 Å². The molecule has 1 saturated heterocycles. The second-order valence-corrected chi connectivity index (χ2v) is 5.99. The molecular weight excluding hydrogens is 280 g/mol. The number of nitrogens with zero attached hydrogens (tertiary/aromatic N) is 1. The molecule has 0 aliphatic carbocycles. The van der Waals surface area contributed by atoms with Gasteiger partial charge in [-0.2, -0.15) is 0 Å². The lowest BCUT2D eigenvalue weighted by atomic mass is 9.93. The number of carbonyl (C=O) groups is 1. The van der Waals surface area contributed by atoms with Gasteiger partial charge in [-0.3, -0.25) is 4.79 Å². The average molecular weight is 304 g/mol. The molecule has 1 aromatic carbocycles. The van der Waals surface area contributed by atoms with Crippen LogP contribution in [0, 0.1) is 5.92 Å². The number of amides is 1. The summed E-state index contributed by atoms with van der Waals surface area (Å²) in [6, 6.07) is 5.48. The summed E-state index contributed by atoms with van der Waals surface area (Å²) in [4.78, 5) is 14.6. The van der Waals surface area contributed by atoms with Gasteiger partial charge < -0.3 is 19.7 Å². The predicted octanol–water partition coefficient (Wildman–Crippen LogP) is 1.92. The number of benzene rings is 1. The van der Waals surface area contributed by atoms with E-state index in [-0.39, 0.29) is 5.91 Å². The molecule has 5 heteroatoms. The molecular formula is C17H24N2O3. The summed E-state index contributed by atoms with van der Waals surface area (Å²) in [7, 11) is 1.99. The number of fused-ring (bicyclic) bond motifs is 1. The number of hydrogen-bond donors (Lipinski definition) is 1. The molecule has 0 radical (unpaired) electrons. The van der Waals surface area contributed by atoms with Crippen LogP contribution in [-0.4, -0.2) is 50.7 Å². The van der Waals surface area contributed by atoms with Crippen LogP contribution in [0.5, 0.6) is 11.5 Å². The first kappa shape index (κ1) is 15.2. The third-order valence-corrected chi connectivity index (χ3v) is 4.49. The zero-order valence-corrected chi connectivity index (χ0v) is 13.1. The van der Waals surface area contributed by atoms with Crippen LogP contribution in [0.1, 0.15) is 29.6 Å². The predicted molar refractivity (Wildman–Crippen MR) is 84.6 cm³/mol. The molecule has 1 fully saturated rings. The van der Waals surface area contributed by atoms with Gasteiger partial charge >= 0.3 is 0 Å². The van der Waals surface area contributed by atoms with Gasteiger partial charge in [0, 0.05) is 18.7 Å². The summed E-state index contributed by atoms with van der Waals surface area (Å²) in [5.74, 6) is 2.25. The third kappa shape index (κ3) is 3.35. The van der Waals surface area contributed by atoms with E-state index in [4.69, 9.17) is 9.47 Å². The van der Waals surface area contributed by atoms with Crippen LogP contribution in [0.4, 0.5) is 0 Å². The normalized spacial score (nSPS) is 18.3. The highest BCUT2D eigenvalue weighted by molar-refractivity contribution is 5.95. The standard InChI is InChI=1S/C17H24N2O3/c1-18-7-4-13-5-8-19(9-6-13)17(20)14-2-3-15-16(12-14)22-11-10-21-15/h2-3,12-13,18H,4-11H2,1H3. The highest BCUT2D eigenvalue weighted by Crippen LogP contribution is 2.31. The SMILES string of the molecule is CNCCC1CCN(C(=O)c2ccc3c(c2)OCCO3)CC1. The molecule has 0 bridgehead atoms. The summed E-state index contributed by atoms with van der Waals surface area (Å²) in [5, 5.41) is 3.20. The maximum atomic E-state index is 12.6. The maximum Gasteiger partial charge on any atom is 0.253 e. The van der Waals surface area contributed by atoms with Crippen LogP contribution in [0.15, 0.2) is 18.2 Å². The van der Waals surface area contributed by atoms with Crippen molar-refractivity contribution in [2.75, 3.05) is 39.9 Å². The quantitative estimate of drug-likeness (QED) is 0.923. The lowest BCUT2D eigenvalue weighted by Gasteiger charge is -2.32. The van der Waals surface area contributed by atoms with Crippen LogP contribution in [0.2, 0.25) is 0 Å². The zero-order chi connectivity index (χ0) is 15.4. The molecule has 2 heterocycles. The van der Waals surface area contributed by atoms with Gasteiger partial charge in [0.15, 0.2) is 11.5 Å². The van der Waals surface area contributed by atoms with E-state index in [1.54, 1.807) is 0 Å². The van der Waals surface area contributed by atoms with Crippen molar-refractivity contribution in [3.05, 3.63) is 23.8 Å². The van der Waals surface area contributed by atoms with Crippen molar-refractivity contribution < 1.29 is 14.3 Å². The van der Waals surface area contributed by atoms with Crippen molar-refractivity contribution in [1.29, 1.82) is 0 Å². The third-order valence-electron chi connectivity index (χ3n) is 4.49. The average Bonchev–Trinajstić information content (AvgIpc) is 2.59. The molecule has 5 nitrogen and oxygen atoms in total. The Kier molecular flexibility index (Phi) is 4.83. The van der Waals surface area contributed by atoms with E-state index in [0.717, 1.165) is 44.1 Å². The van der Waals surface area contributed by atoms with Crippen molar-refractivity contribution in [3.8, 4) is 11.5 Å². The van der Waals surface area contributed by atoms with Gasteiger partial charge in [-0.05, 0) is 57.0 Å². The van der Waals surface area contributed by atoms with E-state index < -0.39 is 0 Å². The molecule has 120 valence electrons. The first-order valence-corrected chi connectivity index (χ1v) is 8.11. The van der Waals surface area contributed by atoms with E-state index in [9.17, 15) is 4.79 Å². The maximum absolute atomic E-state index is 12.6. The molecule has 2 aliphatic rings. The second-order valence-electron chi connectivity index (χ2n) is 5.99.